The van der Waals surface area contributed by atoms with E-state index in [1.54, 1.807) is 6.08 Å². The van der Waals surface area contributed by atoms with E-state index in [0.717, 1.165) is 34.7 Å². The van der Waals surface area contributed by atoms with Crippen molar-refractivity contribution in [1.82, 2.24) is 0 Å². The third-order valence-electron chi connectivity index (χ3n) is 5.19. The Bertz CT molecular complexity index is 673. The normalized spacial score (nSPS) is 25.7. The molecular weight excluding hydrogens is 539 g/mol. The van der Waals surface area contributed by atoms with Crippen molar-refractivity contribution in [2.24, 2.45) is 5.92 Å². The van der Waals surface area contributed by atoms with Crippen LogP contribution in [0.15, 0.2) is 35.0 Å². The number of thioether (sulfide) groups is 2. The molecule has 0 aromatic heterocycles. The van der Waals surface area contributed by atoms with E-state index in [9.17, 15) is 8.42 Å². The molecule has 0 saturated carbocycles. The fourth-order valence-electron chi connectivity index (χ4n) is 3.69. The Balaban J connectivity index is 1.84. The average Bonchev–Trinajstić information content (AvgIpc) is 3.01. The lowest BCUT2D eigenvalue weighted by Gasteiger charge is -2.23. The summed E-state index contributed by atoms with van der Waals surface area (Å²) in [6.45, 7) is 12.0. The van der Waals surface area contributed by atoms with Gasteiger partial charge in [-0.15, -0.1) is 30.1 Å². The first-order valence-corrected chi connectivity index (χ1v) is 15.1. The zero-order valence-electron chi connectivity index (χ0n) is 17.2. The second-order valence-electron chi connectivity index (χ2n) is 7.74. The first kappa shape index (κ1) is 25.8. The van der Waals surface area contributed by atoms with Gasteiger partial charge in [-0.3, -0.25) is 4.18 Å². The maximum Gasteiger partial charge on any atom is 0.264 e. The van der Waals surface area contributed by atoms with Crippen LogP contribution in [0.3, 0.4) is 0 Å². The molecule has 0 radical (unpaired) electrons. The molecule has 29 heavy (non-hydrogen) atoms. The van der Waals surface area contributed by atoms with Gasteiger partial charge in [0, 0.05) is 5.92 Å². The topological polar surface area (TPSA) is 52.6 Å². The van der Waals surface area contributed by atoms with Crippen molar-refractivity contribution in [3.63, 3.8) is 0 Å². The van der Waals surface area contributed by atoms with Gasteiger partial charge >= 0.3 is 0 Å². The SMILES string of the molecule is C=CC(C[C@@H](CC[C@@H]1O[C@@H](CCC2SCCCS2)CC1=C)OS(C)(=O)=O)C(=C)I. The summed E-state index contributed by atoms with van der Waals surface area (Å²) in [7, 11) is -3.53. The van der Waals surface area contributed by atoms with E-state index in [-0.39, 0.29) is 18.1 Å². The van der Waals surface area contributed by atoms with Gasteiger partial charge in [0.15, 0.2) is 0 Å². The predicted octanol–water partition coefficient (Wildman–Crippen LogP) is 5.94. The van der Waals surface area contributed by atoms with Crippen LogP contribution in [-0.4, -0.2) is 49.1 Å². The molecule has 2 aliphatic rings. The quantitative estimate of drug-likeness (QED) is 0.164. The van der Waals surface area contributed by atoms with E-state index in [2.05, 4.69) is 65.9 Å². The zero-order chi connectivity index (χ0) is 21.4. The van der Waals surface area contributed by atoms with E-state index in [1.807, 2.05) is 0 Å². The smallest absolute Gasteiger partial charge is 0.264 e. The molecule has 166 valence electrons. The minimum atomic E-state index is -3.53. The number of allylic oxidation sites excluding steroid dienone is 2. The first-order valence-electron chi connectivity index (χ1n) is 10.1. The second kappa shape index (κ2) is 12.5. The molecule has 2 fully saturated rings. The summed E-state index contributed by atoms with van der Waals surface area (Å²) >= 11 is 6.31. The van der Waals surface area contributed by atoms with Crippen molar-refractivity contribution in [2.45, 2.75) is 67.8 Å². The molecule has 2 rings (SSSR count). The van der Waals surface area contributed by atoms with E-state index in [1.165, 1.54) is 24.3 Å². The highest BCUT2D eigenvalue weighted by atomic mass is 127. The summed E-state index contributed by atoms with van der Waals surface area (Å²) < 4.78 is 36.7. The largest absolute Gasteiger partial charge is 0.370 e. The second-order valence-corrected chi connectivity index (χ2v) is 13.6. The molecule has 4 atom stereocenters. The molecule has 2 saturated heterocycles. The highest BCUT2D eigenvalue weighted by Crippen LogP contribution is 2.37. The van der Waals surface area contributed by atoms with Crippen LogP contribution in [0.5, 0.6) is 0 Å². The highest BCUT2D eigenvalue weighted by Gasteiger charge is 2.31. The van der Waals surface area contributed by atoms with Crippen molar-refractivity contribution >= 4 is 56.2 Å². The van der Waals surface area contributed by atoms with Crippen LogP contribution in [0.2, 0.25) is 0 Å². The predicted molar refractivity (Wildman–Crippen MR) is 135 cm³/mol. The van der Waals surface area contributed by atoms with Gasteiger partial charge in [-0.25, -0.2) is 0 Å². The van der Waals surface area contributed by atoms with Gasteiger partial charge < -0.3 is 4.74 Å². The van der Waals surface area contributed by atoms with E-state index in [0.29, 0.717) is 17.4 Å². The average molecular weight is 573 g/mol. The van der Waals surface area contributed by atoms with E-state index < -0.39 is 16.2 Å². The Morgan fingerprint density at radius 2 is 2.03 bits per heavy atom. The first-order chi connectivity index (χ1) is 13.7. The monoisotopic (exact) mass is 572 g/mol. The van der Waals surface area contributed by atoms with Crippen LogP contribution in [-0.2, 0) is 19.0 Å². The Kier molecular flexibility index (Phi) is 11.1. The lowest BCUT2D eigenvalue weighted by atomic mass is 9.96. The zero-order valence-corrected chi connectivity index (χ0v) is 21.8. The van der Waals surface area contributed by atoms with Crippen molar-refractivity contribution in [3.8, 4) is 0 Å². The van der Waals surface area contributed by atoms with Gasteiger partial charge in [0.05, 0.1) is 29.1 Å². The van der Waals surface area contributed by atoms with Crippen LogP contribution >= 0.6 is 46.1 Å². The molecule has 0 aromatic rings. The van der Waals surface area contributed by atoms with Crippen LogP contribution in [0.4, 0.5) is 0 Å². The summed E-state index contributed by atoms with van der Waals surface area (Å²) in [4.78, 5) is 0. The third kappa shape index (κ3) is 9.68. The minimum absolute atomic E-state index is 0.0118. The summed E-state index contributed by atoms with van der Waals surface area (Å²) in [5.41, 5.74) is 1.12. The molecule has 2 heterocycles. The van der Waals surface area contributed by atoms with Gasteiger partial charge in [0.1, 0.15) is 0 Å². The molecule has 0 N–H and O–H groups in total. The number of hydrogen-bond acceptors (Lipinski definition) is 6. The summed E-state index contributed by atoms with van der Waals surface area (Å²) in [5.74, 6) is 2.57. The number of hydrogen-bond donors (Lipinski definition) is 0. The van der Waals surface area contributed by atoms with Crippen molar-refractivity contribution in [1.29, 1.82) is 0 Å². The van der Waals surface area contributed by atoms with Crippen molar-refractivity contribution in [2.75, 3.05) is 17.8 Å². The van der Waals surface area contributed by atoms with E-state index >= 15 is 0 Å². The molecule has 0 aliphatic carbocycles. The number of ether oxygens (including phenoxy) is 1. The maximum absolute atomic E-state index is 11.7. The Morgan fingerprint density at radius 1 is 1.34 bits per heavy atom. The van der Waals surface area contributed by atoms with Crippen LogP contribution in [0.25, 0.3) is 0 Å². The minimum Gasteiger partial charge on any atom is -0.370 e. The van der Waals surface area contributed by atoms with Gasteiger partial charge in [0.2, 0.25) is 0 Å². The Hall–Kier alpha value is 0.520. The fourth-order valence-corrected chi connectivity index (χ4v) is 7.77. The molecule has 0 amide bonds. The van der Waals surface area contributed by atoms with Crippen LogP contribution in [0.1, 0.15) is 44.9 Å². The Morgan fingerprint density at radius 3 is 2.62 bits per heavy atom. The molecular formula is C21H33IO4S3. The molecule has 2 aliphatic heterocycles. The molecule has 0 spiro atoms. The number of rotatable bonds is 12. The fraction of sp³-hybridized carbons (Fsp3) is 0.714. The summed E-state index contributed by atoms with van der Waals surface area (Å²) in [6, 6.07) is 0. The van der Waals surface area contributed by atoms with Crippen molar-refractivity contribution in [3.05, 3.63) is 35.0 Å². The summed E-state index contributed by atoms with van der Waals surface area (Å²) in [6.07, 6.45) is 9.06. The lowest BCUT2D eigenvalue weighted by Crippen LogP contribution is -2.23. The third-order valence-corrected chi connectivity index (χ3v) is 9.69. The molecule has 0 aromatic carbocycles. The van der Waals surface area contributed by atoms with Crippen molar-refractivity contribution < 1.29 is 17.3 Å². The molecule has 8 heteroatoms. The highest BCUT2D eigenvalue weighted by molar-refractivity contribution is 14.1. The number of halogens is 1. The van der Waals surface area contributed by atoms with Crippen LogP contribution < -0.4 is 0 Å². The van der Waals surface area contributed by atoms with Crippen LogP contribution in [0, 0.1) is 5.92 Å². The van der Waals surface area contributed by atoms with E-state index in [4.69, 9.17) is 8.92 Å². The lowest BCUT2D eigenvalue weighted by molar-refractivity contribution is 0.0350. The molecule has 1 unspecified atom stereocenters. The standard InChI is InChI=1S/C21H33IO4S3/c1-5-17(16(3)22)14-19(26-29(4,23)24)7-9-20-15(2)13-18(25-20)8-10-21-27-11-6-12-28-21/h5,17-21H,1-3,6-14H2,4H3/t17?,18-,19+,20-/m0/s1. The van der Waals surface area contributed by atoms with Gasteiger partial charge in [-0.2, -0.15) is 8.42 Å². The maximum atomic E-state index is 11.7. The van der Waals surface area contributed by atoms with Gasteiger partial charge in [-0.05, 0) is 88.2 Å². The van der Waals surface area contributed by atoms with Gasteiger partial charge in [0.25, 0.3) is 10.1 Å². The molecule has 4 nitrogen and oxygen atoms in total. The summed E-state index contributed by atoms with van der Waals surface area (Å²) in [5, 5.41) is 0. The Labute approximate surface area is 199 Å². The van der Waals surface area contributed by atoms with Gasteiger partial charge in [-0.1, -0.05) is 19.2 Å². The molecule has 0 bridgehead atoms.